The molecule has 2 aliphatic heterocycles. The Kier molecular flexibility index (Phi) is 6.17. The van der Waals surface area contributed by atoms with Gasteiger partial charge in [0.2, 0.25) is 0 Å². The van der Waals surface area contributed by atoms with E-state index in [2.05, 4.69) is 9.97 Å². The molecule has 0 bridgehead atoms. The van der Waals surface area contributed by atoms with Gasteiger partial charge < -0.3 is 43.9 Å². The van der Waals surface area contributed by atoms with Gasteiger partial charge in [-0.15, -0.1) is 0 Å². The van der Waals surface area contributed by atoms with Gasteiger partial charge in [0.15, 0.2) is 0 Å². The number of hydrogen-bond donors (Lipinski definition) is 3. The van der Waals surface area contributed by atoms with E-state index in [1.165, 1.54) is 6.33 Å². The fourth-order valence-electron chi connectivity index (χ4n) is 3.53. The molecule has 2 aliphatic rings. The first-order chi connectivity index (χ1) is 13.9. The molecule has 0 radical (unpaired) electrons. The van der Waals surface area contributed by atoms with Crippen molar-refractivity contribution < 1.29 is 33.6 Å². The van der Waals surface area contributed by atoms with Crippen LogP contribution in [0.25, 0.3) is 11.0 Å². The van der Waals surface area contributed by atoms with Crippen LogP contribution in [0.2, 0.25) is 0 Å². The normalized spacial score (nSPS) is 32.0. The maximum Gasteiger partial charge on any atom is 0.147 e. The van der Waals surface area contributed by atoms with Crippen LogP contribution in [0.4, 0.5) is 5.82 Å². The minimum atomic E-state index is -3.88. The summed E-state index contributed by atoms with van der Waals surface area (Å²) in [5.74, 6) is 0.345. The van der Waals surface area contributed by atoms with Crippen LogP contribution in [-0.2, 0) is 30.3 Å². The van der Waals surface area contributed by atoms with Crippen molar-refractivity contribution >= 4 is 35.4 Å². The number of ether oxygens (including phenoxy) is 2. The zero-order chi connectivity index (χ0) is 20.6. The van der Waals surface area contributed by atoms with Gasteiger partial charge in [-0.2, -0.15) is 0 Å². The number of anilines is 1. The van der Waals surface area contributed by atoms with Crippen molar-refractivity contribution in [3.05, 3.63) is 18.6 Å². The maximum atomic E-state index is 12.6. The molecule has 0 aliphatic carbocycles. The number of rotatable bonds is 7. The minimum absolute atomic E-state index is 0.138. The Balaban J connectivity index is 1.43. The summed E-state index contributed by atoms with van der Waals surface area (Å²) in [5, 5.41) is 20.1. The summed E-state index contributed by atoms with van der Waals surface area (Å²) in [6.45, 7) is -3.97. The molecular formula is C16H22N4O7PS-. The molecule has 0 saturated carbocycles. The highest BCUT2D eigenvalue weighted by Crippen LogP contribution is 2.46. The van der Waals surface area contributed by atoms with E-state index < -0.39 is 37.4 Å². The van der Waals surface area contributed by atoms with Gasteiger partial charge in [-0.05, 0) is 12.5 Å². The molecule has 3 unspecified atom stereocenters. The lowest BCUT2D eigenvalue weighted by atomic mass is 10.2. The fourth-order valence-corrected chi connectivity index (χ4v) is 4.98. The van der Waals surface area contributed by atoms with Crippen LogP contribution in [-0.4, -0.2) is 69.0 Å². The molecule has 2 fully saturated rings. The van der Waals surface area contributed by atoms with Crippen LogP contribution >= 0.6 is 6.72 Å². The SMILES string of the molecule is Nc1ncnc2c1ccn2[C@H]1CC(OP([O-])(=S)OC[C@H]2OCCC2O)[C@@H](CO)O1. The van der Waals surface area contributed by atoms with Crippen LogP contribution in [0.3, 0.4) is 0 Å². The summed E-state index contributed by atoms with van der Waals surface area (Å²) in [4.78, 5) is 20.8. The van der Waals surface area contributed by atoms with Crippen LogP contribution in [0.15, 0.2) is 18.6 Å². The van der Waals surface area contributed by atoms with Crippen molar-refractivity contribution in [3.63, 3.8) is 0 Å². The van der Waals surface area contributed by atoms with Crippen LogP contribution in [0.5, 0.6) is 0 Å². The van der Waals surface area contributed by atoms with Gasteiger partial charge >= 0.3 is 0 Å². The lowest BCUT2D eigenvalue weighted by molar-refractivity contribution is -0.215. The van der Waals surface area contributed by atoms with Gasteiger partial charge in [0.05, 0.1) is 30.8 Å². The van der Waals surface area contributed by atoms with Crippen molar-refractivity contribution in [1.29, 1.82) is 0 Å². The minimum Gasteiger partial charge on any atom is -0.780 e. The number of aromatic nitrogens is 3. The van der Waals surface area contributed by atoms with E-state index in [1.54, 1.807) is 16.8 Å². The zero-order valence-electron chi connectivity index (χ0n) is 15.4. The van der Waals surface area contributed by atoms with E-state index in [1.807, 2.05) is 0 Å². The summed E-state index contributed by atoms with van der Waals surface area (Å²) < 4.78 is 23.7. The lowest BCUT2D eigenvalue weighted by Gasteiger charge is -2.32. The molecule has 2 aromatic heterocycles. The fraction of sp³-hybridized carbons (Fsp3) is 0.625. The molecule has 160 valence electrons. The third-order valence-electron chi connectivity index (χ3n) is 5.05. The zero-order valence-corrected chi connectivity index (χ0v) is 17.1. The average molecular weight is 445 g/mol. The predicted octanol–water partition coefficient (Wildman–Crippen LogP) is -0.570. The van der Waals surface area contributed by atoms with E-state index in [4.69, 9.17) is 36.1 Å². The summed E-state index contributed by atoms with van der Waals surface area (Å²) in [5.41, 5.74) is 6.44. The summed E-state index contributed by atoms with van der Waals surface area (Å²) in [6.07, 6.45) is 0.554. The second-order valence-corrected chi connectivity index (χ2v) is 9.62. The number of nitrogens with two attached hydrogens (primary N) is 1. The van der Waals surface area contributed by atoms with Crippen molar-refractivity contribution in [2.75, 3.05) is 25.6 Å². The van der Waals surface area contributed by atoms with E-state index in [-0.39, 0.29) is 19.6 Å². The van der Waals surface area contributed by atoms with E-state index in [9.17, 15) is 15.1 Å². The Morgan fingerprint density at radius 3 is 2.97 bits per heavy atom. The van der Waals surface area contributed by atoms with E-state index >= 15 is 0 Å². The summed E-state index contributed by atoms with van der Waals surface area (Å²) in [6, 6.07) is 1.77. The Labute approximate surface area is 171 Å². The highest BCUT2D eigenvalue weighted by atomic mass is 32.5. The largest absolute Gasteiger partial charge is 0.780 e. The third kappa shape index (κ3) is 4.46. The Morgan fingerprint density at radius 2 is 2.24 bits per heavy atom. The first kappa shape index (κ1) is 21.0. The highest BCUT2D eigenvalue weighted by molar-refractivity contribution is 8.06. The molecule has 2 aromatic rings. The lowest BCUT2D eigenvalue weighted by Crippen LogP contribution is -2.31. The van der Waals surface area contributed by atoms with Gasteiger partial charge in [-0.1, -0.05) is 11.8 Å². The van der Waals surface area contributed by atoms with Gasteiger partial charge in [-0.3, -0.25) is 0 Å². The second-order valence-electron chi connectivity index (χ2n) is 6.92. The number of aliphatic hydroxyl groups excluding tert-OH is 2. The number of nitrogens with zero attached hydrogens (tertiary/aromatic N) is 3. The molecule has 0 aromatic carbocycles. The number of nitrogen functional groups attached to an aromatic ring is 1. The first-order valence-electron chi connectivity index (χ1n) is 9.15. The van der Waals surface area contributed by atoms with Crippen LogP contribution in [0, 0.1) is 0 Å². The van der Waals surface area contributed by atoms with Gasteiger partial charge in [-0.25, -0.2) is 9.97 Å². The molecule has 2 saturated heterocycles. The van der Waals surface area contributed by atoms with Crippen LogP contribution in [0.1, 0.15) is 19.1 Å². The highest BCUT2D eigenvalue weighted by Gasteiger charge is 2.39. The number of hydrogen-bond acceptors (Lipinski definition) is 11. The average Bonchev–Trinajstić information content (AvgIpc) is 3.38. The summed E-state index contributed by atoms with van der Waals surface area (Å²) >= 11 is 4.98. The van der Waals surface area contributed by atoms with Crippen molar-refractivity contribution in [2.45, 2.75) is 43.5 Å². The third-order valence-corrected chi connectivity index (χ3v) is 6.62. The predicted molar refractivity (Wildman–Crippen MR) is 103 cm³/mol. The van der Waals surface area contributed by atoms with E-state index in [0.717, 1.165) is 0 Å². The van der Waals surface area contributed by atoms with Gasteiger partial charge in [0.1, 0.15) is 42.9 Å². The van der Waals surface area contributed by atoms with E-state index in [0.29, 0.717) is 29.9 Å². The monoisotopic (exact) mass is 445 g/mol. The molecule has 0 spiro atoms. The van der Waals surface area contributed by atoms with Gasteiger partial charge in [0, 0.05) is 19.2 Å². The molecule has 13 heteroatoms. The Hall–Kier alpha value is -1.21. The molecule has 4 N–H and O–H groups in total. The molecule has 29 heavy (non-hydrogen) atoms. The van der Waals surface area contributed by atoms with Crippen molar-refractivity contribution in [1.82, 2.24) is 14.5 Å². The second kappa shape index (κ2) is 8.50. The maximum absolute atomic E-state index is 12.6. The molecule has 11 nitrogen and oxygen atoms in total. The topological polar surface area (TPSA) is 157 Å². The molecule has 4 heterocycles. The number of fused-ring (bicyclic) bond motifs is 1. The van der Waals surface area contributed by atoms with Crippen molar-refractivity contribution in [3.8, 4) is 0 Å². The number of aliphatic hydroxyl groups is 2. The molecule has 4 rings (SSSR count). The summed E-state index contributed by atoms with van der Waals surface area (Å²) in [7, 11) is 0. The van der Waals surface area contributed by atoms with Crippen molar-refractivity contribution in [2.24, 2.45) is 0 Å². The quantitative estimate of drug-likeness (QED) is 0.469. The first-order valence-corrected chi connectivity index (χ1v) is 11.7. The van der Waals surface area contributed by atoms with Crippen LogP contribution < -0.4 is 10.6 Å². The molecular weight excluding hydrogens is 423 g/mol. The smallest absolute Gasteiger partial charge is 0.147 e. The molecule has 6 atom stereocenters. The Morgan fingerprint density at radius 1 is 1.41 bits per heavy atom. The molecule has 0 amide bonds. The standard InChI is InChI=1S/C16H23N4O7PS/c17-15-9-1-3-20(16(9)19-8-18-15)14-5-11(12(6-21)26-14)27-28(23,29)25-7-13-10(22)2-4-24-13/h1,3,8,10-14,21-22H,2,4-7H2,(H,23,29)(H2,17,18,19)/p-1/t10?,11?,12-,13-,14-,28?/m1/s1. The van der Waals surface area contributed by atoms with Gasteiger partial charge in [0.25, 0.3) is 0 Å². The Bertz CT molecular complexity index is 915.